The van der Waals surface area contributed by atoms with E-state index in [0.29, 0.717) is 17.9 Å². The quantitative estimate of drug-likeness (QED) is 0.320. The molecule has 1 heterocycles. The van der Waals surface area contributed by atoms with Crippen molar-refractivity contribution in [2.24, 2.45) is 4.99 Å². The lowest BCUT2D eigenvalue weighted by Gasteiger charge is -2.27. The van der Waals surface area contributed by atoms with Crippen LogP contribution >= 0.6 is 0 Å². The highest BCUT2D eigenvalue weighted by Gasteiger charge is 2.42. The third-order valence-corrected chi connectivity index (χ3v) is 6.82. The smallest absolute Gasteiger partial charge is 0.214 e. The molecular formula is C29H30N2O2. The molecule has 0 radical (unpaired) electrons. The van der Waals surface area contributed by atoms with Gasteiger partial charge in [0.15, 0.2) is 0 Å². The van der Waals surface area contributed by atoms with Crippen molar-refractivity contribution in [3.8, 4) is 11.5 Å². The lowest BCUT2D eigenvalue weighted by molar-refractivity contribution is 0.415. The van der Waals surface area contributed by atoms with Crippen molar-refractivity contribution in [3.63, 3.8) is 0 Å². The number of para-hydroxylation sites is 1. The Labute approximate surface area is 196 Å². The van der Waals surface area contributed by atoms with Gasteiger partial charge in [-0.05, 0) is 85.0 Å². The molecular weight excluding hydrogens is 408 g/mol. The molecule has 1 saturated carbocycles. The predicted octanol–water partition coefficient (Wildman–Crippen LogP) is 6.91. The Morgan fingerprint density at radius 2 is 1.85 bits per heavy atom. The number of aliphatic imine (C=N–C) groups is 1. The predicted molar refractivity (Wildman–Crippen MR) is 136 cm³/mol. The van der Waals surface area contributed by atoms with E-state index < -0.39 is 0 Å². The first kappa shape index (κ1) is 21.3. The van der Waals surface area contributed by atoms with E-state index in [4.69, 9.17) is 9.47 Å². The molecule has 2 unspecified atom stereocenters. The van der Waals surface area contributed by atoms with Gasteiger partial charge in [-0.3, -0.25) is 4.99 Å². The standard InChI is InChI=1S/C29H30N2O2/c1-20-7-4-5-10-28(20)33-29(30-2)18-12-21-11-17-27-25(19-21)24-8-6-9-26(24)31(27)22-13-15-23(32-3)16-14-22/h4-5,7,10-19,24,26H,6,8-9H2,1-3H3/b18-12+,30-29+. The van der Waals surface area contributed by atoms with Crippen molar-refractivity contribution in [2.45, 2.75) is 38.1 Å². The molecule has 0 N–H and O–H groups in total. The second kappa shape index (κ2) is 9.14. The average molecular weight is 439 g/mol. The molecule has 4 nitrogen and oxygen atoms in total. The van der Waals surface area contributed by atoms with Crippen LogP contribution in [0.15, 0.2) is 77.8 Å². The number of anilines is 2. The highest BCUT2D eigenvalue weighted by atomic mass is 16.5. The van der Waals surface area contributed by atoms with Gasteiger partial charge >= 0.3 is 0 Å². The number of hydrogen-bond acceptors (Lipinski definition) is 4. The van der Waals surface area contributed by atoms with Gasteiger partial charge < -0.3 is 14.4 Å². The van der Waals surface area contributed by atoms with Gasteiger partial charge in [0, 0.05) is 36.5 Å². The molecule has 3 aromatic rings. The molecule has 3 aromatic carbocycles. The summed E-state index contributed by atoms with van der Waals surface area (Å²) >= 11 is 0. The van der Waals surface area contributed by atoms with E-state index in [-0.39, 0.29) is 0 Å². The van der Waals surface area contributed by atoms with E-state index >= 15 is 0 Å². The molecule has 1 aliphatic heterocycles. The van der Waals surface area contributed by atoms with Crippen LogP contribution in [0.1, 0.15) is 41.9 Å². The van der Waals surface area contributed by atoms with Crippen molar-refractivity contribution < 1.29 is 9.47 Å². The number of ether oxygens (including phenoxy) is 2. The lowest BCUT2D eigenvalue weighted by Crippen LogP contribution is -2.26. The molecule has 168 valence electrons. The molecule has 0 aromatic heterocycles. The minimum atomic E-state index is 0.532. The topological polar surface area (TPSA) is 34.1 Å². The molecule has 0 amide bonds. The van der Waals surface area contributed by atoms with Crippen LogP contribution in [0, 0.1) is 6.92 Å². The van der Waals surface area contributed by atoms with Crippen LogP contribution < -0.4 is 14.4 Å². The Balaban J connectivity index is 1.41. The first-order valence-corrected chi connectivity index (χ1v) is 11.6. The van der Waals surface area contributed by atoms with Crippen LogP contribution in [0.2, 0.25) is 0 Å². The highest BCUT2D eigenvalue weighted by Crippen LogP contribution is 2.52. The van der Waals surface area contributed by atoms with Gasteiger partial charge in [0.25, 0.3) is 0 Å². The monoisotopic (exact) mass is 438 g/mol. The Morgan fingerprint density at radius 1 is 1.03 bits per heavy atom. The van der Waals surface area contributed by atoms with Crippen LogP contribution in [0.4, 0.5) is 11.4 Å². The van der Waals surface area contributed by atoms with Gasteiger partial charge in [-0.25, -0.2) is 0 Å². The average Bonchev–Trinajstić information content (AvgIpc) is 3.44. The van der Waals surface area contributed by atoms with Crippen molar-refractivity contribution in [1.29, 1.82) is 0 Å². The minimum Gasteiger partial charge on any atom is -0.497 e. The second-order valence-corrected chi connectivity index (χ2v) is 8.75. The molecule has 5 rings (SSSR count). The van der Waals surface area contributed by atoms with Gasteiger partial charge in [0.1, 0.15) is 11.5 Å². The lowest BCUT2D eigenvalue weighted by atomic mass is 9.96. The maximum absolute atomic E-state index is 6.02. The summed E-state index contributed by atoms with van der Waals surface area (Å²) in [5.74, 6) is 2.91. The van der Waals surface area contributed by atoms with Gasteiger partial charge in [0.2, 0.25) is 5.90 Å². The summed E-state index contributed by atoms with van der Waals surface area (Å²) in [4.78, 5) is 6.85. The number of hydrogen-bond donors (Lipinski definition) is 0. The number of nitrogens with zero attached hydrogens (tertiary/aromatic N) is 2. The molecule has 0 saturated heterocycles. The summed E-state index contributed by atoms with van der Waals surface area (Å²) in [5.41, 5.74) is 6.28. The Morgan fingerprint density at radius 3 is 2.61 bits per heavy atom. The first-order valence-electron chi connectivity index (χ1n) is 11.6. The van der Waals surface area contributed by atoms with Gasteiger partial charge in [-0.2, -0.15) is 0 Å². The third-order valence-electron chi connectivity index (χ3n) is 6.82. The molecule has 2 aliphatic rings. The summed E-state index contributed by atoms with van der Waals surface area (Å²) < 4.78 is 11.4. The zero-order chi connectivity index (χ0) is 22.8. The number of methoxy groups -OCH3 is 1. The molecule has 33 heavy (non-hydrogen) atoms. The molecule has 1 fully saturated rings. The second-order valence-electron chi connectivity index (χ2n) is 8.75. The molecule has 0 spiro atoms. The fraction of sp³-hybridized carbons (Fsp3) is 0.276. The van der Waals surface area contributed by atoms with Crippen molar-refractivity contribution in [1.82, 2.24) is 0 Å². The minimum absolute atomic E-state index is 0.532. The first-order chi connectivity index (χ1) is 16.2. The number of rotatable bonds is 5. The molecule has 0 bridgehead atoms. The number of aryl methyl sites for hydroxylation is 1. The summed E-state index contributed by atoms with van der Waals surface area (Å²) in [6, 6.07) is 23.8. The largest absolute Gasteiger partial charge is 0.497 e. The van der Waals surface area contributed by atoms with Gasteiger partial charge in [0.05, 0.1) is 7.11 Å². The molecule has 1 aliphatic carbocycles. The van der Waals surface area contributed by atoms with Crippen molar-refractivity contribution in [3.05, 3.63) is 89.5 Å². The Kier molecular flexibility index (Phi) is 5.91. The van der Waals surface area contributed by atoms with Gasteiger partial charge in [-0.1, -0.05) is 30.7 Å². The maximum atomic E-state index is 6.02. The van der Waals surface area contributed by atoms with Crippen LogP contribution in [-0.2, 0) is 0 Å². The molecule has 2 atom stereocenters. The van der Waals surface area contributed by atoms with E-state index in [2.05, 4.69) is 58.4 Å². The number of benzene rings is 3. The van der Waals surface area contributed by atoms with Crippen LogP contribution in [0.3, 0.4) is 0 Å². The number of fused-ring (bicyclic) bond motifs is 3. The maximum Gasteiger partial charge on any atom is 0.214 e. The van der Waals surface area contributed by atoms with E-state index in [0.717, 1.165) is 17.1 Å². The van der Waals surface area contributed by atoms with Gasteiger partial charge in [-0.15, -0.1) is 0 Å². The van der Waals surface area contributed by atoms with E-state index in [1.165, 1.54) is 41.8 Å². The van der Waals surface area contributed by atoms with Crippen LogP contribution in [0.5, 0.6) is 11.5 Å². The Hall–Kier alpha value is -3.53. The van der Waals surface area contributed by atoms with Crippen molar-refractivity contribution in [2.75, 3.05) is 19.1 Å². The Bertz CT molecular complexity index is 1200. The third kappa shape index (κ3) is 4.13. The normalized spacial score (nSPS) is 19.6. The summed E-state index contributed by atoms with van der Waals surface area (Å²) in [6.45, 7) is 2.04. The zero-order valence-corrected chi connectivity index (χ0v) is 19.5. The van der Waals surface area contributed by atoms with Crippen LogP contribution in [0.25, 0.3) is 6.08 Å². The summed E-state index contributed by atoms with van der Waals surface area (Å²) in [6.07, 6.45) is 7.80. The fourth-order valence-electron chi connectivity index (χ4n) is 5.16. The van der Waals surface area contributed by atoms with E-state index in [1.807, 2.05) is 37.3 Å². The van der Waals surface area contributed by atoms with E-state index in [9.17, 15) is 0 Å². The summed E-state index contributed by atoms with van der Waals surface area (Å²) in [7, 11) is 3.47. The summed E-state index contributed by atoms with van der Waals surface area (Å²) in [5, 5.41) is 0. The van der Waals surface area contributed by atoms with Crippen LogP contribution in [-0.4, -0.2) is 26.1 Å². The zero-order valence-electron chi connectivity index (χ0n) is 19.5. The molecule has 4 heteroatoms. The fourth-order valence-corrected chi connectivity index (χ4v) is 5.16. The SMILES string of the molecule is C/N=C(\C=C\c1ccc2c(c1)C1CCCC1N2c1ccc(OC)cc1)Oc1ccccc1C. The highest BCUT2D eigenvalue weighted by molar-refractivity contribution is 5.93. The van der Waals surface area contributed by atoms with E-state index in [1.54, 1.807) is 14.2 Å². The van der Waals surface area contributed by atoms with Crippen molar-refractivity contribution >= 4 is 23.3 Å².